The van der Waals surface area contributed by atoms with Gasteiger partial charge in [-0.25, -0.2) is 9.38 Å². The minimum absolute atomic E-state index is 0.0378. The molecule has 1 fully saturated rings. The molecule has 2 amide bonds. The Morgan fingerprint density at radius 2 is 1.85 bits per heavy atom. The van der Waals surface area contributed by atoms with Crippen LogP contribution in [0.15, 0.2) is 33.7 Å². The smallest absolute Gasteiger partial charge is 0.270 e. The highest BCUT2D eigenvalue weighted by molar-refractivity contribution is 9.10. The van der Waals surface area contributed by atoms with Crippen molar-refractivity contribution in [2.24, 2.45) is 16.6 Å². The van der Waals surface area contributed by atoms with Gasteiger partial charge in [0, 0.05) is 26.6 Å². The van der Waals surface area contributed by atoms with E-state index in [1.165, 1.54) is 12.1 Å². The Labute approximate surface area is 209 Å². The maximum Gasteiger partial charge on any atom is 0.270 e. The van der Waals surface area contributed by atoms with Crippen LogP contribution in [0.5, 0.6) is 0 Å². The molecule has 3 rings (SSSR count). The Hall–Kier alpha value is -2.75. The number of amidine groups is 1. The molecule has 1 saturated heterocycles. The number of H-pyrrole nitrogens is 1. The van der Waals surface area contributed by atoms with Crippen molar-refractivity contribution in [2.75, 3.05) is 19.6 Å². The van der Waals surface area contributed by atoms with Gasteiger partial charge in [0.25, 0.3) is 5.91 Å². The molecule has 0 aliphatic carbocycles. The lowest BCUT2D eigenvalue weighted by molar-refractivity contribution is -0.130. The van der Waals surface area contributed by atoms with Gasteiger partial charge in [-0.2, -0.15) is 5.10 Å². The van der Waals surface area contributed by atoms with E-state index in [4.69, 9.17) is 5.73 Å². The van der Waals surface area contributed by atoms with Crippen LogP contribution in [-0.4, -0.2) is 52.4 Å². The number of carbonyl (C=O) groups is 2. The fourth-order valence-corrected chi connectivity index (χ4v) is 3.85. The second kappa shape index (κ2) is 15.2. The van der Waals surface area contributed by atoms with Crippen LogP contribution in [0.4, 0.5) is 10.2 Å². The molecule has 10 heteroatoms. The predicted octanol–water partition coefficient (Wildman–Crippen LogP) is 4.78. The summed E-state index contributed by atoms with van der Waals surface area (Å²) >= 11 is 3.31. The molecule has 0 saturated carbocycles. The molecule has 34 heavy (non-hydrogen) atoms. The van der Waals surface area contributed by atoms with Crippen LogP contribution >= 0.6 is 15.9 Å². The van der Waals surface area contributed by atoms with Crippen molar-refractivity contribution >= 4 is 39.4 Å². The Kier molecular flexibility index (Phi) is 13.1. The van der Waals surface area contributed by atoms with Crippen molar-refractivity contribution in [1.29, 1.82) is 0 Å². The average Bonchev–Trinajstić information content (AvgIpc) is 3.22. The maximum atomic E-state index is 13.8. The zero-order valence-electron chi connectivity index (χ0n) is 20.6. The largest absolute Gasteiger partial charge is 0.383 e. The molecule has 1 aromatic heterocycles. The van der Waals surface area contributed by atoms with Crippen LogP contribution in [0.3, 0.4) is 0 Å². The van der Waals surface area contributed by atoms with Crippen molar-refractivity contribution in [1.82, 2.24) is 20.4 Å². The normalized spacial score (nSPS) is 13.9. The van der Waals surface area contributed by atoms with Crippen LogP contribution in [0.25, 0.3) is 0 Å². The number of nitrogens with zero attached hydrogens (tertiary/aromatic N) is 3. The Morgan fingerprint density at radius 1 is 1.24 bits per heavy atom. The SMILES string of the molecule is CC.CC.CC(=O)N1CCC(CCNC(=O)c2[nH]nc(N=C(N)c3ccccc3F)c2Br)CC1. The second-order valence-corrected chi connectivity index (χ2v) is 8.00. The highest BCUT2D eigenvalue weighted by Gasteiger charge is 2.22. The number of aliphatic imine (C=N–C) groups is 1. The van der Waals surface area contributed by atoms with E-state index in [0.29, 0.717) is 16.9 Å². The highest BCUT2D eigenvalue weighted by Crippen LogP contribution is 2.27. The van der Waals surface area contributed by atoms with Crippen molar-refractivity contribution in [3.05, 3.63) is 45.8 Å². The lowest BCUT2D eigenvalue weighted by atomic mass is 9.93. The quantitative estimate of drug-likeness (QED) is 0.362. The average molecular weight is 539 g/mol. The highest BCUT2D eigenvalue weighted by atomic mass is 79.9. The standard InChI is InChI=1S/C20H24BrFN6O2.2C2H6/c1-12(29)28-10-7-13(8-11-28)6-9-24-20(30)17-16(21)19(27-26-17)25-18(23)14-4-2-3-5-15(14)22;2*1-2/h2-5,13H,6-11H2,1H3,(H,24,30)(H3,23,25,26,27);2*1-2H3. The molecule has 0 spiro atoms. The topological polar surface area (TPSA) is 116 Å². The number of carbonyl (C=O) groups excluding carboxylic acids is 2. The number of aromatic nitrogens is 2. The molecule has 2 heterocycles. The molecule has 8 nitrogen and oxygen atoms in total. The second-order valence-electron chi connectivity index (χ2n) is 7.21. The van der Waals surface area contributed by atoms with E-state index in [1.54, 1.807) is 19.1 Å². The van der Waals surface area contributed by atoms with Crippen LogP contribution in [0, 0.1) is 11.7 Å². The summed E-state index contributed by atoms with van der Waals surface area (Å²) in [6, 6.07) is 6.03. The zero-order chi connectivity index (χ0) is 25.7. The van der Waals surface area contributed by atoms with Crippen molar-refractivity contribution in [3.8, 4) is 0 Å². The number of hydrogen-bond donors (Lipinski definition) is 3. The molecule has 0 radical (unpaired) electrons. The molecule has 188 valence electrons. The first-order valence-corrected chi connectivity index (χ1v) is 12.5. The van der Waals surface area contributed by atoms with Gasteiger partial charge in [0.05, 0.1) is 10.0 Å². The molecule has 2 aromatic rings. The third kappa shape index (κ3) is 8.23. The Morgan fingerprint density at radius 3 is 2.44 bits per heavy atom. The summed E-state index contributed by atoms with van der Waals surface area (Å²) in [6.45, 7) is 11.6. The molecular weight excluding hydrogens is 503 g/mol. The van der Waals surface area contributed by atoms with E-state index < -0.39 is 5.82 Å². The molecule has 1 aromatic carbocycles. The predicted molar refractivity (Wildman–Crippen MR) is 138 cm³/mol. The summed E-state index contributed by atoms with van der Waals surface area (Å²) in [5.41, 5.74) is 6.27. The monoisotopic (exact) mass is 538 g/mol. The van der Waals surface area contributed by atoms with Crippen LogP contribution in [0.2, 0.25) is 0 Å². The summed E-state index contributed by atoms with van der Waals surface area (Å²) < 4.78 is 14.2. The number of benzene rings is 1. The Bertz CT molecular complexity index is 955. The van der Waals surface area contributed by atoms with E-state index in [0.717, 1.165) is 32.4 Å². The van der Waals surface area contributed by atoms with E-state index in [9.17, 15) is 14.0 Å². The van der Waals surface area contributed by atoms with Crippen LogP contribution in [-0.2, 0) is 4.79 Å². The van der Waals surface area contributed by atoms with Gasteiger partial charge >= 0.3 is 0 Å². The number of nitrogens with two attached hydrogens (primary N) is 1. The minimum Gasteiger partial charge on any atom is -0.383 e. The number of hydrogen-bond acceptors (Lipinski definition) is 4. The lowest BCUT2D eigenvalue weighted by Gasteiger charge is -2.31. The molecule has 0 atom stereocenters. The van der Waals surface area contributed by atoms with Gasteiger partial charge in [-0.05, 0) is 53.2 Å². The molecule has 0 bridgehead atoms. The van der Waals surface area contributed by atoms with Crippen molar-refractivity contribution in [2.45, 2.75) is 53.9 Å². The molecule has 1 aliphatic heterocycles. The van der Waals surface area contributed by atoms with E-state index in [1.807, 2.05) is 32.6 Å². The minimum atomic E-state index is -0.488. The molecule has 4 N–H and O–H groups in total. The molecular formula is C24H36BrFN6O2. The number of amides is 2. The maximum absolute atomic E-state index is 13.8. The first-order chi connectivity index (χ1) is 16.4. The van der Waals surface area contributed by atoms with Crippen LogP contribution < -0.4 is 11.1 Å². The van der Waals surface area contributed by atoms with E-state index >= 15 is 0 Å². The van der Waals surface area contributed by atoms with Gasteiger partial charge in [-0.15, -0.1) is 0 Å². The number of aromatic amines is 1. The lowest BCUT2D eigenvalue weighted by Crippen LogP contribution is -2.38. The fourth-order valence-electron chi connectivity index (χ4n) is 3.40. The summed E-state index contributed by atoms with van der Waals surface area (Å²) in [5, 5.41) is 9.51. The van der Waals surface area contributed by atoms with E-state index in [-0.39, 0.29) is 34.7 Å². The molecule has 1 aliphatic rings. The van der Waals surface area contributed by atoms with Gasteiger partial charge in [0.2, 0.25) is 5.91 Å². The fraction of sp³-hybridized carbons (Fsp3) is 0.500. The number of piperidine rings is 1. The van der Waals surface area contributed by atoms with Gasteiger partial charge in [0.15, 0.2) is 5.82 Å². The molecule has 0 unspecified atom stereocenters. The third-order valence-corrected chi connectivity index (χ3v) is 5.94. The van der Waals surface area contributed by atoms with Crippen molar-refractivity contribution in [3.63, 3.8) is 0 Å². The summed E-state index contributed by atoms with van der Waals surface area (Å²) in [5.74, 6) is -0.0903. The van der Waals surface area contributed by atoms with Gasteiger partial charge in [-0.3, -0.25) is 14.7 Å². The summed E-state index contributed by atoms with van der Waals surface area (Å²) in [7, 11) is 0. The summed E-state index contributed by atoms with van der Waals surface area (Å²) in [6.07, 6.45) is 2.73. The third-order valence-electron chi connectivity index (χ3n) is 5.19. The number of nitrogens with one attached hydrogen (secondary N) is 2. The van der Waals surface area contributed by atoms with Gasteiger partial charge in [-0.1, -0.05) is 39.8 Å². The number of halogens is 2. The summed E-state index contributed by atoms with van der Waals surface area (Å²) in [4.78, 5) is 29.8. The zero-order valence-corrected chi connectivity index (χ0v) is 22.2. The van der Waals surface area contributed by atoms with Gasteiger partial charge < -0.3 is 16.0 Å². The number of rotatable bonds is 6. The van der Waals surface area contributed by atoms with Gasteiger partial charge in [0.1, 0.15) is 17.3 Å². The first-order valence-electron chi connectivity index (χ1n) is 11.7. The van der Waals surface area contributed by atoms with E-state index in [2.05, 4.69) is 36.4 Å². The Balaban J connectivity index is 0.00000137. The first kappa shape index (κ1) is 29.3. The number of likely N-dealkylation sites (tertiary alicyclic amines) is 1. The van der Waals surface area contributed by atoms with Crippen molar-refractivity contribution < 1.29 is 14.0 Å². The van der Waals surface area contributed by atoms with Crippen LogP contribution in [0.1, 0.15) is 69.9 Å².